The molecule has 0 amide bonds. The van der Waals surface area contributed by atoms with Crippen molar-refractivity contribution >= 4 is 21.9 Å². The first-order valence-electron chi connectivity index (χ1n) is 7.14. The summed E-state index contributed by atoms with van der Waals surface area (Å²) in [4.78, 5) is 12.0. The van der Waals surface area contributed by atoms with Crippen LogP contribution in [0.15, 0.2) is 35.2 Å². The van der Waals surface area contributed by atoms with Crippen LogP contribution in [-0.4, -0.2) is 26.7 Å². The van der Waals surface area contributed by atoms with Gasteiger partial charge in [0.15, 0.2) is 9.84 Å². The number of ether oxygens (including phenoxy) is 1. The largest absolute Gasteiger partial charge is 0.459 e. The van der Waals surface area contributed by atoms with Crippen LogP contribution in [0.25, 0.3) is 6.08 Å². The zero-order chi connectivity index (χ0) is 15.3. The minimum atomic E-state index is -3.19. The van der Waals surface area contributed by atoms with E-state index in [-0.39, 0.29) is 17.0 Å². The van der Waals surface area contributed by atoms with Crippen molar-refractivity contribution in [2.24, 2.45) is 0 Å². The average molecular weight is 308 g/mol. The van der Waals surface area contributed by atoms with E-state index >= 15 is 0 Å². The Morgan fingerprint density at radius 2 is 1.76 bits per heavy atom. The van der Waals surface area contributed by atoms with Crippen molar-refractivity contribution in [1.29, 1.82) is 0 Å². The Kier molecular flexibility index (Phi) is 5.17. The molecule has 1 fully saturated rings. The Morgan fingerprint density at radius 3 is 2.33 bits per heavy atom. The molecule has 21 heavy (non-hydrogen) atoms. The van der Waals surface area contributed by atoms with Gasteiger partial charge in [0.25, 0.3) is 0 Å². The lowest BCUT2D eigenvalue weighted by atomic mass is 9.98. The number of hydrogen-bond donors (Lipinski definition) is 0. The summed E-state index contributed by atoms with van der Waals surface area (Å²) in [7, 11) is -3.19. The van der Waals surface area contributed by atoms with Crippen molar-refractivity contribution in [3.05, 3.63) is 35.9 Å². The second kappa shape index (κ2) is 6.89. The van der Waals surface area contributed by atoms with E-state index in [1.807, 2.05) is 0 Å². The molecule has 5 heteroatoms. The van der Waals surface area contributed by atoms with Gasteiger partial charge in [-0.3, -0.25) is 0 Å². The number of carbonyl (C=O) groups is 1. The van der Waals surface area contributed by atoms with E-state index in [1.54, 1.807) is 18.2 Å². The second-order valence-electron chi connectivity index (χ2n) is 5.37. The average Bonchev–Trinajstić information content (AvgIpc) is 2.46. The molecule has 1 aliphatic carbocycles. The minimum absolute atomic E-state index is 0.0449. The lowest BCUT2D eigenvalue weighted by Crippen LogP contribution is -2.19. The summed E-state index contributed by atoms with van der Waals surface area (Å²) in [6.07, 6.45) is 9.59. The van der Waals surface area contributed by atoms with Gasteiger partial charge in [-0.05, 0) is 49.5 Å². The SMILES string of the molecule is CS(=O)(=O)c1ccc(/C=C/C(=O)OC2CCCCC2)cc1. The summed E-state index contributed by atoms with van der Waals surface area (Å²) in [5, 5.41) is 0. The summed E-state index contributed by atoms with van der Waals surface area (Å²) in [5.41, 5.74) is 0.767. The third-order valence-electron chi connectivity index (χ3n) is 3.56. The molecule has 0 saturated heterocycles. The molecular weight excluding hydrogens is 288 g/mol. The number of hydrogen-bond acceptors (Lipinski definition) is 4. The van der Waals surface area contributed by atoms with Gasteiger partial charge < -0.3 is 4.74 Å². The lowest BCUT2D eigenvalue weighted by Gasteiger charge is -2.20. The van der Waals surface area contributed by atoms with Gasteiger partial charge in [0.05, 0.1) is 4.90 Å². The van der Waals surface area contributed by atoms with Crippen LogP contribution < -0.4 is 0 Å². The van der Waals surface area contributed by atoms with Gasteiger partial charge in [-0.15, -0.1) is 0 Å². The molecule has 0 N–H and O–H groups in total. The first-order chi connectivity index (χ1) is 9.95. The third-order valence-corrected chi connectivity index (χ3v) is 4.68. The van der Waals surface area contributed by atoms with Crippen molar-refractivity contribution < 1.29 is 17.9 Å². The predicted octanol–water partition coefficient (Wildman–Crippen LogP) is 2.98. The molecule has 0 radical (unpaired) electrons. The molecule has 4 nitrogen and oxygen atoms in total. The molecule has 1 aliphatic rings. The highest BCUT2D eigenvalue weighted by atomic mass is 32.2. The van der Waals surface area contributed by atoms with E-state index in [9.17, 15) is 13.2 Å². The molecule has 2 rings (SSSR count). The Balaban J connectivity index is 1.92. The zero-order valence-electron chi connectivity index (χ0n) is 12.1. The molecule has 1 aromatic carbocycles. The molecule has 1 aromatic rings. The van der Waals surface area contributed by atoms with Gasteiger partial charge >= 0.3 is 5.97 Å². The molecule has 0 bridgehead atoms. The molecule has 1 saturated carbocycles. The summed E-state index contributed by atoms with van der Waals surface area (Å²) in [6.45, 7) is 0. The van der Waals surface area contributed by atoms with Gasteiger partial charge in [-0.2, -0.15) is 0 Å². The standard InChI is InChI=1S/C16H20O4S/c1-21(18,19)15-10-7-13(8-11-15)9-12-16(17)20-14-5-3-2-4-6-14/h7-12,14H,2-6H2,1H3/b12-9+. The first-order valence-corrected chi connectivity index (χ1v) is 9.03. The molecule has 0 aliphatic heterocycles. The van der Waals surface area contributed by atoms with Gasteiger partial charge in [0.2, 0.25) is 0 Å². The van der Waals surface area contributed by atoms with Crippen LogP contribution in [0.4, 0.5) is 0 Å². The van der Waals surface area contributed by atoms with E-state index in [2.05, 4.69) is 0 Å². The van der Waals surface area contributed by atoms with Crippen molar-refractivity contribution in [2.45, 2.75) is 43.1 Å². The minimum Gasteiger partial charge on any atom is -0.459 e. The van der Waals surface area contributed by atoms with Gasteiger partial charge in [-0.25, -0.2) is 13.2 Å². The van der Waals surface area contributed by atoms with Crippen LogP contribution in [0.2, 0.25) is 0 Å². The van der Waals surface area contributed by atoms with Crippen LogP contribution in [0.1, 0.15) is 37.7 Å². The van der Waals surface area contributed by atoms with Crippen molar-refractivity contribution in [2.75, 3.05) is 6.26 Å². The van der Waals surface area contributed by atoms with E-state index in [1.165, 1.54) is 30.9 Å². The molecular formula is C16H20O4S. The van der Waals surface area contributed by atoms with Crippen LogP contribution in [0.5, 0.6) is 0 Å². The fourth-order valence-electron chi connectivity index (χ4n) is 2.38. The molecule has 0 spiro atoms. The molecule has 0 aromatic heterocycles. The van der Waals surface area contributed by atoms with Crippen molar-refractivity contribution in [3.63, 3.8) is 0 Å². The number of benzene rings is 1. The Labute approximate surface area is 125 Å². The Hall–Kier alpha value is -1.62. The smallest absolute Gasteiger partial charge is 0.331 e. The monoisotopic (exact) mass is 308 g/mol. The summed E-state index contributed by atoms with van der Waals surface area (Å²) >= 11 is 0. The lowest BCUT2D eigenvalue weighted by molar-refractivity contribution is -0.144. The fraction of sp³-hybridized carbons (Fsp3) is 0.438. The Bertz CT molecular complexity index is 608. The normalized spacial score (nSPS) is 17.0. The van der Waals surface area contributed by atoms with E-state index < -0.39 is 9.84 Å². The Morgan fingerprint density at radius 1 is 1.14 bits per heavy atom. The summed E-state index contributed by atoms with van der Waals surface area (Å²) < 4.78 is 28.0. The number of esters is 1. The van der Waals surface area contributed by atoms with Crippen molar-refractivity contribution in [3.8, 4) is 0 Å². The molecule has 114 valence electrons. The highest BCUT2D eigenvalue weighted by Crippen LogP contribution is 2.20. The first kappa shape index (κ1) is 15.8. The van der Waals surface area contributed by atoms with Gasteiger partial charge in [0, 0.05) is 12.3 Å². The van der Waals surface area contributed by atoms with Gasteiger partial charge in [-0.1, -0.05) is 18.6 Å². The van der Waals surface area contributed by atoms with E-state index in [0.717, 1.165) is 31.2 Å². The van der Waals surface area contributed by atoms with Gasteiger partial charge in [0.1, 0.15) is 6.10 Å². The summed E-state index contributed by atoms with van der Waals surface area (Å²) in [5.74, 6) is -0.339. The van der Waals surface area contributed by atoms with Crippen LogP contribution >= 0.6 is 0 Å². The maximum atomic E-state index is 11.7. The second-order valence-corrected chi connectivity index (χ2v) is 7.39. The molecule has 0 unspecified atom stereocenters. The summed E-state index contributed by atoms with van der Waals surface area (Å²) in [6, 6.07) is 6.39. The van der Waals surface area contributed by atoms with E-state index in [4.69, 9.17) is 4.74 Å². The zero-order valence-corrected chi connectivity index (χ0v) is 12.9. The fourth-order valence-corrected chi connectivity index (χ4v) is 3.01. The van der Waals surface area contributed by atoms with E-state index in [0.29, 0.717) is 0 Å². The van der Waals surface area contributed by atoms with Crippen LogP contribution in [0.3, 0.4) is 0 Å². The number of sulfone groups is 1. The number of rotatable bonds is 4. The molecule has 0 atom stereocenters. The number of carbonyl (C=O) groups excluding carboxylic acids is 1. The third kappa shape index (κ3) is 5.01. The quantitative estimate of drug-likeness (QED) is 0.634. The predicted molar refractivity (Wildman–Crippen MR) is 81.6 cm³/mol. The highest BCUT2D eigenvalue weighted by Gasteiger charge is 2.16. The topological polar surface area (TPSA) is 60.4 Å². The van der Waals surface area contributed by atoms with Crippen molar-refractivity contribution in [1.82, 2.24) is 0 Å². The molecule has 0 heterocycles. The highest BCUT2D eigenvalue weighted by molar-refractivity contribution is 7.90. The maximum Gasteiger partial charge on any atom is 0.331 e. The van der Waals surface area contributed by atoms with Crippen LogP contribution in [-0.2, 0) is 19.4 Å². The maximum absolute atomic E-state index is 11.7. The van der Waals surface area contributed by atoms with Crippen LogP contribution in [0, 0.1) is 0 Å².